The molecular weight excluding hydrogens is 200 g/mol. The Morgan fingerprint density at radius 3 is 2.81 bits per heavy atom. The minimum atomic E-state index is -0.406. The maximum Gasteiger partial charge on any atom is 0.0702 e. The zero-order valence-electron chi connectivity index (χ0n) is 9.35. The number of nitrogens with two attached hydrogens (primary N) is 1. The predicted octanol–water partition coefficient (Wildman–Crippen LogP) is 1.44. The molecular formula is C13H16N2O. The van der Waals surface area contributed by atoms with E-state index < -0.39 is 5.41 Å². The van der Waals surface area contributed by atoms with Crippen molar-refractivity contribution < 1.29 is 5.11 Å². The van der Waals surface area contributed by atoms with E-state index in [1.54, 1.807) is 6.20 Å². The zero-order valence-corrected chi connectivity index (χ0v) is 9.35. The van der Waals surface area contributed by atoms with E-state index >= 15 is 0 Å². The second-order valence-corrected chi connectivity index (χ2v) is 4.34. The molecule has 1 atom stereocenters. The first kappa shape index (κ1) is 11.0. The van der Waals surface area contributed by atoms with Crippen LogP contribution in [0.3, 0.4) is 0 Å². The molecule has 1 aromatic heterocycles. The monoisotopic (exact) mass is 216 g/mol. The van der Waals surface area contributed by atoms with Crippen LogP contribution in [0.25, 0.3) is 10.9 Å². The van der Waals surface area contributed by atoms with Gasteiger partial charge in [-0.15, -0.1) is 0 Å². The molecule has 16 heavy (non-hydrogen) atoms. The topological polar surface area (TPSA) is 59.1 Å². The largest absolute Gasteiger partial charge is 0.395 e. The first-order valence-electron chi connectivity index (χ1n) is 5.36. The Morgan fingerprint density at radius 2 is 2.12 bits per heavy atom. The van der Waals surface area contributed by atoms with Gasteiger partial charge in [-0.2, -0.15) is 0 Å². The number of hydrogen-bond acceptors (Lipinski definition) is 3. The molecule has 2 rings (SSSR count). The lowest BCUT2D eigenvalue weighted by Gasteiger charge is -2.25. The Kier molecular flexibility index (Phi) is 2.90. The van der Waals surface area contributed by atoms with Crippen molar-refractivity contribution in [2.45, 2.75) is 12.3 Å². The van der Waals surface area contributed by atoms with Crippen LogP contribution in [0.15, 0.2) is 36.5 Å². The predicted molar refractivity (Wildman–Crippen MR) is 65.2 cm³/mol. The number of pyridine rings is 1. The summed E-state index contributed by atoms with van der Waals surface area (Å²) >= 11 is 0. The summed E-state index contributed by atoms with van der Waals surface area (Å²) in [6.45, 7) is 2.38. The van der Waals surface area contributed by atoms with Gasteiger partial charge in [-0.1, -0.05) is 25.1 Å². The molecule has 0 spiro atoms. The second kappa shape index (κ2) is 4.20. The molecule has 3 N–H and O–H groups in total. The quantitative estimate of drug-likeness (QED) is 0.816. The number of aliphatic hydroxyl groups excluding tert-OH is 1. The van der Waals surface area contributed by atoms with Crippen LogP contribution in [0.1, 0.15) is 12.5 Å². The fourth-order valence-corrected chi connectivity index (χ4v) is 1.67. The molecule has 1 heterocycles. The lowest BCUT2D eigenvalue weighted by Crippen LogP contribution is -2.35. The van der Waals surface area contributed by atoms with Gasteiger partial charge in [0.15, 0.2) is 0 Å². The molecule has 1 unspecified atom stereocenters. The van der Waals surface area contributed by atoms with Crippen molar-refractivity contribution in [3.05, 3.63) is 42.1 Å². The summed E-state index contributed by atoms with van der Waals surface area (Å²) in [5.41, 5.74) is 7.24. The molecule has 0 fully saturated rings. The van der Waals surface area contributed by atoms with Gasteiger partial charge in [-0.3, -0.25) is 4.98 Å². The number of hydrogen-bond donors (Lipinski definition) is 2. The molecule has 0 aliphatic rings. The van der Waals surface area contributed by atoms with Gasteiger partial charge in [-0.25, -0.2) is 0 Å². The van der Waals surface area contributed by atoms with Crippen LogP contribution in [0.2, 0.25) is 0 Å². The Morgan fingerprint density at radius 1 is 1.38 bits per heavy atom. The first-order valence-corrected chi connectivity index (χ1v) is 5.36. The van der Waals surface area contributed by atoms with Crippen molar-refractivity contribution in [3.63, 3.8) is 0 Å². The van der Waals surface area contributed by atoms with E-state index in [1.165, 1.54) is 0 Å². The maximum absolute atomic E-state index is 9.40. The molecule has 0 saturated carbocycles. The van der Waals surface area contributed by atoms with Gasteiger partial charge in [0.05, 0.1) is 12.1 Å². The molecule has 2 aromatic rings. The molecule has 3 nitrogen and oxygen atoms in total. The third-order valence-electron chi connectivity index (χ3n) is 3.09. The smallest absolute Gasteiger partial charge is 0.0702 e. The average molecular weight is 216 g/mol. The van der Waals surface area contributed by atoms with Crippen LogP contribution in [0, 0.1) is 0 Å². The van der Waals surface area contributed by atoms with Crippen molar-refractivity contribution >= 4 is 10.9 Å². The van der Waals surface area contributed by atoms with Gasteiger partial charge in [-0.05, 0) is 17.7 Å². The summed E-state index contributed by atoms with van der Waals surface area (Å²) in [4.78, 5) is 4.38. The van der Waals surface area contributed by atoms with Crippen molar-refractivity contribution in [2.24, 2.45) is 5.73 Å². The maximum atomic E-state index is 9.40. The molecule has 0 bridgehead atoms. The molecule has 0 amide bonds. The molecule has 3 heteroatoms. The number of aromatic nitrogens is 1. The molecule has 84 valence electrons. The average Bonchev–Trinajstić information content (AvgIpc) is 2.37. The molecule has 1 aromatic carbocycles. The van der Waals surface area contributed by atoms with Crippen molar-refractivity contribution in [3.8, 4) is 0 Å². The van der Waals surface area contributed by atoms with Crippen LogP contribution in [0.5, 0.6) is 0 Å². The number of aliphatic hydroxyl groups is 1. The lowest BCUT2D eigenvalue weighted by molar-refractivity contribution is 0.210. The number of fused-ring (bicyclic) bond motifs is 1. The summed E-state index contributed by atoms with van der Waals surface area (Å²) in [5.74, 6) is 0. The summed E-state index contributed by atoms with van der Waals surface area (Å²) in [5, 5.41) is 10.5. The highest BCUT2D eigenvalue weighted by Crippen LogP contribution is 2.24. The van der Waals surface area contributed by atoms with Crippen LogP contribution in [0.4, 0.5) is 0 Å². The molecule has 0 aliphatic carbocycles. The fraction of sp³-hybridized carbons (Fsp3) is 0.308. The van der Waals surface area contributed by atoms with Crippen molar-refractivity contribution in [1.82, 2.24) is 4.98 Å². The Balaban J connectivity index is 2.54. The zero-order chi connectivity index (χ0) is 11.6. The van der Waals surface area contributed by atoms with Gasteiger partial charge >= 0.3 is 0 Å². The van der Waals surface area contributed by atoms with Crippen LogP contribution < -0.4 is 5.73 Å². The van der Waals surface area contributed by atoms with E-state index in [0.29, 0.717) is 6.54 Å². The number of rotatable bonds is 3. The fourth-order valence-electron chi connectivity index (χ4n) is 1.67. The highest BCUT2D eigenvalue weighted by atomic mass is 16.3. The van der Waals surface area contributed by atoms with Crippen molar-refractivity contribution in [2.75, 3.05) is 13.2 Å². The van der Waals surface area contributed by atoms with E-state index in [-0.39, 0.29) is 6.61 Å². The number of para-hydroxylation sites is 1. The van der Waals surface area contributed by atoms with E-state index in [2.05, 4.69) is 4.98 Å². The van der Waals surface area contributed by atoms with E-state index in [9.17, 15) is 5.11 Å². The first-order chi connectivity index (χ1) is 7.69. The summed E-state index contributed by atoms with van der Waals surface area (Å²) < 4.78 is 0. The third kappa shape index (κ3) is 1.79. The van der Waals surface area contributed by atoms with Gasteiger partial charge in [0.2, 0.25) is 0 Å². The molecule has 0 aliphatic heterocycles. The third-order valence-corrected chi connectivity index (χ3v) is 3.09. The van der Waals surface area contributed by atoms with E-state index in [0.717, 1.165) is 16.5 Å². The summed E-state index contributed by atoms with van der Waals surface area (Å²) in [6, 6.07) is 9.97. The minimum Gasteiger partial charge on any atom is -0.395 e. The normalized spacial score (nSPS) is 14.9. The Bertz CT molecular complexity index is 492. The minimum absolute atomic E-state index is 0.0313. The van der Waals surface area contributed by atoms with E-state index in [1.807, 2.05) is 37.3 Å². The van der Waals surface area contributed by atoms with Crippen molar-refractivity contribution in [1.29, 1.82) is 0 Å². The number of benzene rings is 1. The standard InChI is InChI=1S/C13H16N2O/c1-13(8-14,9-16)11-6-10-4-2-3-5-12(10)15-7-11/h2-7,16H,8-9,14H2,1H3. The van der Waals surface area contributed by atoms with Gasteiger partial charge < -0.3 is 10.8 Å². The summed E-state index contributed by atoms with van der Waals surface area (Å²) in [7, 11) is 0. The Labute approximate surface area is 94.9 Å². The van der Waals surface area contributed by atoms with Crippen LogP contribution in [-0.2, 0) is 5.41 Å². The lowest BCUT2D eigenvalue weighted by atomic mass is 9.84. The van der Waals surface area contributed by atoms with Gasteiger partial charge in [0.25, 0.3) is 0 Å². The van der Waals surface area contributed by atoms with E-state index in [4.69, 9.17) is 5.73 Å². The van der Waals surface area contributed by atoms with Crippen LogP contribution in [-0.4, -0.2) is 23.2 Å². The Hall–Kier alpha value is -1.45. The molecule has 0 radical (unpaired) electrons. The second-order valence-electron chi connectivity index (χ2n) is 4.34. The highest BCUT2D eigenvalue weighted by molar-refractivity contribution is 5.79. The van der Waals surface area contributed by atoms with Crippen LogP contribution >= 0.6 is 0 Å². The SMILES string of the molecule is CC(CN)(CO)c1cnc2ccccc2c1. The van der Waals surface area contributed by atoms with Gasteiger partial charge in [0.1, 0.15) is 0 Å². The number of nitrogens with zero attached hydrogens (tertiary/aromatic N) is 1. The van der Waals surface area contributed by atoms with Gasteiger partial charge in [0, 0.05) is 23.5 Å². The molecule has 0 saturated heterocycles. The highest BCUT2D eigenvalue weighted by Gasteiger charge is 2.24. The summed E-state index contributed by atoms with van der Waals surface area (Å²) in [6.07, 6.45) is 1.80.